The van der Waals surface area contributed by atoms with E-state index in [1.54, 1.807) is 32.7 Å². The summed E-state index contributed by atoms with van der Waals surface area (Å²) in [5, 5.41) is 0.673. The van der Waals surface area contributed by atoms with Gasteiger partial charge in [-0.3, -0.25) is 9.36 Å². The number of ether oxygens (including phenoxy) is 2. The second-order valence-corrected chi connectivity index (χ2v) is 4.82. The summed E-state index contributed by atoms with van der Waals surface area (Å²) in [6.45, 7) is 0. The maximum Gasteiger partial charge on any atom is 0.227 e. The van der Waals surface area contributed by atoms with Gasteiger partial charge in [0, 0.05) is 18.5 Å². The molecule has 0 bridgehead atoms. The molecule has 0 aliphatic rings. The summed E-state index contributed by atoms with van der Waals surface area (Å²) in [6.07, 6.45) is 3.46. The van der Waals surface area contributed by atoms with Crippen molar-refractivity contribution < 1.29 is 14.3 Å². The Morgan fingerprint density at radius 2 is 2.20 bits per heavy atom. The second kappa shape index (κ2) is 6.33. The molecule has 1 aromatic carbocycles. The van der Waals surface area contributed by atoms with Crippen LogP contribution in [0.4, 0.5) is 0 Å². The first-order valence-electron chi connectivity index (χ1n) is 5.82. The monoisotopic (exact) mass is 293 g/mol. The molecule has 0 aliphatic carbocycles. The highest BCUT2D eigenvalue weighted by atomic mass is 32.2. The minimum Gasteiger partial charge on any atom is -0.497 e. The maximum absolute atomic E-state index is 10.9. The Kier molecular flexibility index (Phi) is 4.52. The zero-order valence-corrected chi connectivity index (χ0v) is 12.0. The Hall–Kier alpha value is -2.15. The number of nitrogens with two attached hydrogens (primary N) is 1. The number of nitrogens with zero attached hydrogens (tertiary/aromatic N) is 2. The van der Waals surface area contributed by atoms with Gasteiger partial charge in [-0.15, -0.1) is 0 Å². The number of imidazole rings is 1. The Morgan fingerprint density at radius 1 is 1.40 bits per heavy atom. The van der Waals surface area contributed by atoms with Crippen LogP contribution in [0.5, 0.6) is 11.5 Å². The fraction of sp³-hybridized carbons (Fsp3) is 0.231. The lowest BCUT2D eigenvalue weighted by atomic mass is 10.2. The van der Waals surface area contributed by atoms with E-state index < -0.39 is 0 Å². The number of benzene rings is 1. The summed E-state index contributed by atoms with van der Waals surface area (Å²) in [4.78, 5) is 15.1. The van der Waals surface area contributed by atoms with E-state index in [9.17, 15) is 4.79 Å². The van der Waals surface area contributed by atoms with Crippen LogP contribution in [0.1, 0.15) is 0 Å². The Bertz CT molecular complexity index is 613. The van der Waals surface area contributed by atoms with Gasteiger partial charge in [-0.1, -0.05) is 11.8 Å². The first kappa shape index (κ1) is 14.3. The molecule has 0 radical (unpaired) electrons. The molecule has 6 nitrogen and oxygen atoms in total. The van der Waals surface area contributed by atoms with E-state index in [4.69, 9.17) is 15.2 Å². The molecule has 106 valence electrons. The largest absolute Gasteiger partial charge is 0.497 e. The van der Waals surface area contributed by atoms with E-state index in [0.717, 1.165) is 5.69 Å². The van der Waals surface area contributed by atoms with Gasteiger partial charge in [0.05, 0.1) is 25.7 Å². The summed E-state index contributed by atoms with van der Waals surface area (Å²) >= 11 is 1.28. The van der Waals surface area contributed by atoms with Crippen LogP contribution in [0.3, 0.4) is 0 Å². The number of thioether (sulfide) groups is 1. The highest BCUT2D eigenvalue weighted by molar-refractivity contribution is 7.99. The molecule has 1 aromatic heterocycles. The van der Waals surface area contributed by atoms with Gasteiger partial charge < -0.3 is 15.2 Å². The molecule has 7 heteroatoms. The molecule has 0 saturated heterocycles. The number of hydrogen-bond acceptors (Lipinski definition) is 5. The number of aromatic nitrogens is 2. The van der Waals surface area contributed by atoms with E-state index >= 15 is 0 Å². The Labute approximate surface area is 120 Å². The van der Waals surface area contributed by atoms with Crippen LogP contribution in [-0.4, -0.2) is 35.4 Å². The molecule has 0 saturated carbocycles. The van der Waals surface area contributed by atoms with Crippen LogP contribution in [0.2, 0.25) is 0 Å². The molecule has 0 fully saturated rings. The lowest BCUT2D eigenvalue weighted by Gasteiger charge is -2.12. The van der Waals surface area contributed by atoms with Crippen molar-refractivity contribution in [1.82, 2.24) is 9.55 Å². The van der Waals surface area contributed by atoms with E-state index in [2.05, 4.69) is 4.98 Å². The maximum atomic E-state index is 10.9. The molecule has 2 N–H and O–H groups in total. The molecule has 0 atom stereocenters. The number of primary amides is 1. The van der Waals surface area contributed by atoms with E-state index in [0.29, 0.717) is 16.7 Å². The third kappa shape index (κ3) is 3.05. The molecular formula is C13H15N3O3S. The van der Waals surface area contributed by atoms with Gasteiger partial charge >= 0.3 is 0 Å². The first-order valence-corrected chi connectivity index (χ1v) is 6.81. The van der Waals surface area contributed by atoms with Gasteiger partial charge in [-0.05, 0) is 12.1 Å². The SMILES string of the molecule is COc1ccc(-n2ccnc2SCC(N)=O)c(OC)c1. The lowest BCUT2D eigenvalue weighted by Crippen LogP contribution is -2.13. The normalized spacial score (nSPS) is 10.3. The first-order chi connectivity index (χ1) is 9.65. The van der Waals surface area contributed by atoms with Crippen molar-refractivity contribution in [2.45, 2.75) is 5.16 Å². The van der Waals surface area contributed by atoms with Gasteiger partial charge in [-0.25, -0.2) is 4.98 Å². The van der Waals surface area contributed by atoms with E-state index in [1.807, 2.05) is 16.7 Å². The summed E-state index contributed by atoms with van der Waals surface area (Å²) in [5.41, 5.74) is 5.97. The standard InChI is InChI=1S/C13H15N3O3S/c1-18-9-3-4-10(11(7-9)19-2)16-6-5-15-13(16)20-8-12(14)17/h3-7H,8H2,1-2H3,(H2,14,17). The number of rotatable bonds is 6. The number of carbonyl (C=O) groups is 1. The summed E-state index contributed by atoms with van der Waals surface area (Å²) in [7, 11) is 3.19. The summed E-state index contributed by atoms with van der Waals surface area (Å²) in [6, 6.07) is 5.49. The highest BCUT2D eigenvalue weighted by Crippen LogP contribution is 2.30. The molecule has 0 aliphatic heterocycles. The topological polar surface area (TPSA) is 79.4 Å². The van der Waals surface area contributed by atoms with Crippen molar-refractivity contribution in [3.05, 3.63) is 30.6 Å². The minimum atomic E-state index is -0.383. The van der Waals surface area contributed by atoms with Crippen LogP contribution in [0.25, 0.3) is 5.69 Å². The van der Waals surface area contributed by atoms with Gasteiger partial charge in [0.15, 0.2) is 5.16 Å². The molecule has 0 spiro atoms. The molecular weight excluding hydrogens is 278 g/mol. The summed E-state index contributed by atoms with van der Waals surface area (Å²) < 4.78 is 12.4. The van der Waals surface area contributed by atoms with Crippen molar-refractivity contribution in [3.8, 4) is 17.2 Å². The molecule has 20 heavy (non-hydrogen) atoms. The number of hydrogen-bond donors (Lipinski definition) is 1. The average Bonchev–Trinajstić information content (AvgIpc) is 2.92. The van der Waals surface area contributed by atoms with Crippen LogP contribution in [0.15, 0.2) is 35.7 Å². The van der Waals surface area contributed by atoms with Crippen molar-refractivity contribution in [2.75, 3.05) is 20.0 Å². The second-order valence-electron chi connectivity index (χ2n) is 3.87. The van der Waals surface area contributed by atoms with Crippen LogP contribution < -0.4 is 15.2 Å². The van der Waals surface area contributed by atoms with Gasteiger partial charge in [0.1, 0.15) is 11.5 Å². The zero-order chi connectivity index (χ0) is 14.5. The zero-order valence-electron chi connectivity index (χ0n) is 11.2. The summed E-state index contributed by atoms with van der Waals surface area (Å²) in [5.74, 6) is 1.15. The van der Waals surface area contributed by atoms with Crippen molar-refractivity contribution in [3.63, 3.8) is 0 Å². The van der Waals surface area contributed by atoms with E-state index in [1.165, 1.54) is 11.8 Å². The molecule has 2 rings (SSSR count). The number of methoxy groups -OCH3 is 2. The molecule has 1 amide bonds. The Balaban J connectivity index is 2.36. The lowest BCUT2D eigenvalue weighted by molar-refractivity contribution is -0.115. The van der Waals surface area contributed by atoms with Crippen LogP contribution in [0, 0.1) is 0 Å². The van der Waals surface area contributed by atoms with Crippen molar-refractivity contribution in [2.24, 2.45) is 5.73 Å². The molecule has 2 aromatic rings. The van der Waals surface area contributed by atoms with Crippen molar-refractivity contribution in [1.29, 1.82) is 0 Å². The van der Waals surface area contributed by atoms with E-state index in [-0.39, 0.29) is 11.7 Å². The minimum absolute atomic E-state index is 0.176. The van der Waals surface area contributed by atoms with Gasteiger partial charge in [-0.2, -0.15) is 0 Å². The molecule has 0 unspecified atom stereocenters. The number of carbonyl (C=O) groups excluding carboxylic acids is 1. The van der Waals surface area contributed by atoms with Crippen molar-refractivity contribution >= 4 is 17.7 Å². The average molecular weight is 293 g/mol. The Morgan fingerprint density at radius 3 is 2.85 bits per heavy atom. The highest BCUT2D eigenvalue weighted by Gasteiger charge is 2.12. The fourth-order valence-corrected chi connectivity index (χ4v) is 2.40. The quantitative estimate of drug-likeness (QED) is 0.816. The smallest absolute Gasteiger partial charge is 0.227 e. The number of amides is 1. The predicted molar refractivity (Wildman–Crippen MR) is 76.6 cm³/mol. The third-order valence-electron chi connectivity index (χ3n) is 2.60. The van der Waals surface area contributed by atoms with Crippen LogP contribution in [-0.2, 0) is 4.79 Å². The predicted octanol–water partition coefficient (Wildman–Crippen LogP) is 1.47. The van der Waals surface area contributed by atoms with Gasteiger partial charge in [0.25, 0.3) is 0 Å². The van der Waals surface area contributed by atoms with Gasteiger partial charge in [0.2, 0.25) is 5.91 Å². The molecule has 1 heterocycles. The fourth-order valence-electron chi connectivity index (χ4n) is 1.70. The third-order valence-corrected chi connectivity index (χ3v) is 3.59. The van der Waals surface area contributed by atoms with Crippen LogP contribution >= 0.6 is 11.8 Å².